The van der Waals surface area contributed by atoms with Gasteiger partial charge in [0.2, 0.25) is 0 Å². The Morgan fingerprint density at radius 2 is 2.40 bits per heavy atom. The molecular weight excluding hydrogens is 298 g/mol. The fourth-order valence-corrected chi connectivity index (χ4v) is 3.39. The van der Waals surface area contributed by atoms with E-state index in [1.807, 2.05) is 17.5 Å². The monoisotopic (exact) mass is 303 g/mol. The van der Waals surface area contributed by atoms with Gasteiger partial charge in [0.1, 0.15) is 5.01 Å². The van der Waals surface area contributed by atoms with Crippen molar-refractivity contribution in [2.24, 2.45) is 0 Å². The highest BCUT2D eigenvalue weighted by atomic mass is 79.9. The Morgan fingerprint density at radius 1 is 1.60 bits per heavy atom. The maximum absolute atomic E-state index is 10.6. The number of rotatable bonds is 3. The highest BCUT2D eigenvalue weighted by molar-refractivity contribution is 9.11. The first-order valence-corrected chi connectivity index (χ1v) is 6.56. The van der Waals surface area contributed by atoms with Crippen LogP contribution in [0.1, 0.15) is 5.69 Å². The van der Waals surface area contributed by atoms with Crippen molar-refractivity contribution in [1.82, 2.24) is 4.98 Å². The van der Waals surface area contributed by atoms with Crippen LogP contribution in [0.25, 0.3) is 9.88 Å². The molecule has 1 N–H and O–H groups in total. The largest absolute Gasteiger partial charge is 0.481 e. The van der Waals surface area contributed by atoms with Crippen LogP contribution in [0.15, 0.2) is 21.3 Å². The third-order valence-corrected chi connectivity index (χ3v) is 4.57. The number of aromatic nitrogens is 1. The van der Waals surface area contributed by atoms with E-state index in [1.54, 1.807) is 11.3 Å². The Kier molecular flexibility index (Phi) is 3.18. The van der Waals surface area contributed by atoms with Crippen molar-refractivity contribution >= 4 is 44.6 Å². The Hall–Kier alpha value is -0.720. The van der Waals surface area contributed by atoms with E-state index in [0.29, 0.717) is 5.69 Å². The fourth-order valence-electron chi connectivity index (χ4n) is 1.09. The zero-order chi connectivity index (χ0) is 10.8. The second-order valence-corrected chi connectivity index (χ2v) is 6.05. The molecule has 0 spiro atoms. The predicted octanol–water partition coefficient (Wildman–Crippen LogP) is 3.26. The molecule has 0 aliphatic rings. The lowest BCUT2D eigenvalue weighted by molar-refractivity contribution is -0.136. The lowest BCUT2D eigenvalue weighted by atomic mass is 10.3. The van der Waals surface area contributed by atoms with Gasteiger partial charge in [-0.25, -0.2) is 4.98 Å². The van der Waals surface area contributed by atoms with E-state index in [1.165, 1.54) is 11.3 Å². The Morgan fingerprint density at radius 3 is 3.00 bits per heavy atom. The minimum Gasteiger partial charge on any atom is -0.481 e. The molecule has 78 valence electrons. The second-order valence-electron chi connectivity index (χ2n) is 2.79. The third kappa shape index (κ3) is 2.45. The molecule has 0 aliphatic carbocycles. The zero-order valence-corrected chi connectivity index (χ0v) is 10.7. The van der Waals surface area contributed by atoms with Gasteiger partial charge in [-0.05, 0) is 27.4 Å². The van der Waals surface area contributed by atoms with Gasteiger partial charge in [0, 0.05) is 0 Å². The van der Waals surface area contributed by atoms with E-state index in [4.69, 9.17) is 5.11 Å². The van der Waals surface area contributed by atoms with Crippen molar-refractivity contribution in [1.29, 1.82) is 0 Å². The van der Waals surface area contributed by atoms with Crippen molar-refractivity contribution in [2.45, 2.75) is 6.42 Å². The van der Waals surface area contributed by atoms with E-state index in [0.717, 1.165) is 13.7 Å². The summed E-state index contributed by atoms with van der Waals surface area (Å²) in [5, 5.41) is 11.5. The SMILES string of the molecule is O=C(O)Cc1nc(-c2cccs2)sc1Br. The molecule has 3 nitrogen and oxygen atoms in total. The Bertz CT molecular complexity index is 478. The van der Waals surface area contributed by atoms with E-state index in [9.17, 15) is 4.79 Å². The molecule has 0 unspecified atom stereocenters. The fraction of sp³-hybridized carbons (Fsp3) is 0.111. The number of thiazole rings is 1. The van der Waals surface area contributed by atoms with Gasteiger partial charge in [0.25, 0.3) is 0 Å². The van der Waals surface area contributed by atoms with Gasteiger partial charge < -0.3 is 5.11 Å². The first-order chi connectivity index (χ1) is 7.16. The number of aliphatic carboxylic acids is 1. The maximum Gasteiger partial charge on any atom is 0.309 e. The van der Waals surface area contributed by atoms with Crippen LogP contribution in [0.3, 0.4) is 0 Å². The molecule has 6 heteroatoms. The quantitative estimate of drug-likeness (QED) is 0.947. The number of halogens is 1. The van der Waals surface area contributed by atoms with Gasteiger partial charge >= 0.3 is 5.97 Å². The number of hydrogen-bond acceptors (Lipinski definition) is 4. The molecule has 2 heterocycles. The van der Waals surface area contributed by atoms with Gasteiger partial charge in [-0.2, -0.15) is 0 Å². The Balaban J connectivity index is 2.33. The molecule has 0 bridgehead atoms. The second kappa shape index (κ2) is 4.42. The minimum absolute atomic E-state index is 0.0392. The van der Waals surface area contributed by atoms with E-state index >= 15 is 0 Å². The first-order valence-electron chi connectivity index (χ1n) is 4.07. The highest BCUT2D eigenvalue weighted by Gasteiger charge is 2.13. The van der Waals surface area contributed by atoms with Crippen LogP contribution in [0.2, 0.25) is 0 Å². The third-order valence-electron chi connectivity index (χ3n) is 1.70. The lowest BCUT2D eigenvalue weighted by Gasteiger charge is -1.89. The van der Waals surface area contributed by atoms with Crippen molar-refractivity contribution in [2.75, 3.05) is 0 Å². The predicted molar refractivity (Wildman–Crippen MR) is 64.5 cm³/mol. The van der Waals surface area contributed by atoms with Gasteiger partial charge in [-0.1, -0.05) is 6.07 Å². The van der Waals surface area contributed by atoms with Gasteiger partial charge in [0.05, 0.1) is 20.8 Å². The van der Waals surface area contributed by atoms with Crippen LogP contribution in [0.5, 0.6) is 0 Å². The summed E-state index contributed by atoms with van der Waals surface area (Å²) in [6.45, 7) is 0. The molecule has 0 aromatic carbocycles. The zero-order valence-electron chi connectivity index (χ0n) is 7.44. The summed E-state index contributed by atoms with van der Waals surface area (Å²) >= 11 is 6.39. The number of hydrogen-bond donors (Lipinski definition) is 1. The number of nitrogens with zero attached hydrogens (tertiary/aromatic N) is 1. The first kappa shape index (κ1) is 10.8. The van der Waals surface area contributed by atoms with Crippen molar-refractivity contribution < 1.29 is 9.90 Å². The molecule has 0 fully saturated rings. The average Bonchev–Trinajstić information content (AvgIpc) is 2.75. The van der Waals surface area contributed by atoms with Crippen molar-refractivity contribution in [3.05, 3.63) is 27.0 Å². The normalized spacial score (nSPS) is 10.5. The lowest BCUT2D eigenvalue weighted by Crippen LogP contribution is -2.00. The van der Waals surface area contributed by atoms with Gasteiger partial charge in [-0.15, -0.1) is 22.7 Å². The number of carbonyl (C=O) groups is 1. The molecule has 15 heavy (non-hydrogen) atoms. The molecule has 2 aromatic heterocycles. The van der Waals surface area contributed by atoms with Crippen LogP contribution < -0.4 is 0 Å². The van der Waals surface area contributed by atoms with Crippen LogP contribution in [0.4, 0.5) is 0 Å². The van der Waals surface area contributed by atoms with Crippen LogP contribution in [0, 0.1) is 0 Å². The summed E-state index contributed by atoms with van der Waals surface area (Å²) in [5.74, 6) is -0.862. The number of carboxylic acid groups (broad SMARTS) is 1. The standard InChI is InChI=1S/C9H6BrNO2S2/c10-8-5(4-7(12)13)11-9(15-8)6-2-1-3-14-6/h1-3H,4H2,(H,12,13). The number of thiophene rings is 1. The smallest absolute Gasteiger partial charge is 0.309 e. The van der Waals surface area contributed by atoms with Gasteiger partial charge in [-0.3, -0.25) is 4.79 Å². The van der Waals surface area contributed by atoms with Gasteiger partial charge in [0.15, 0.2) is 0 Å². The summed E-state index contributed by atoms with van der Waals surface area (Å²) in [4.78, 5) is 15.9. The highest BCUT2D eigenvalue weighted by Crippen LogP contribution is 2.34. The van der Waals surface area contributed by atoms with Crippen molar-refractivity contribution in [3.63, 3.8) is 0 Å². The summed E-state index contributed by atoms with van der Waals surface area (Å²) in [6, 6.07) is 3.92. The average molecular weight is 304 g/mol. The van der Waals surface area contributed by atoms with Crippen LogP contribution in [-0.2, 0) is 11.2 Å². The maximum atomic E-state index is 10.6. The van der Waals surface area contributed by atoms with E-state index < -0.39 is 5.97 Å². The molecule has 0 aliphatic heterocycles. The number of carboxylic acids is 1. The molecule has 0 amide bonds. The minimum atomic E-state index is -0.862. The topological polar surface area (TPSA) is 50.2 Å². The molecule has 0 radical (unpaired) electrons. The molecule has 0 saturated heterocycles. The molecular formula is C9H6BrNO2S2. The summed E-state index contributed by atoms with van der Waals surface area (Å²) in [6.07, 6.45) is -0.0392. The van der Waals surface area contributed by atoms with Crippen molar-refractivity contribution in [3.8, 4) is 9.88 Å². The molecule has 2 rings (SSSR count). The van der Waals surface area contributed by atoms with Crippen LogP contribution in [-0.4, -0.2) is 16.1 Å². The summed E-state index contributed by atoms with van der Waals surface area (Å²) < 4.78 is 0.799. The van der Waals surface area contributed by atoms with Crippen LogP contribution >= 0.6 is 38.6 Å². The molecule has 0 saturated carbocycles. The van der Waals surface area contributed by atoms with E-state index in [-0.39, 0.29) is 6.42 Å². The molecule has 0 atom stereocenters. The van der Waals surface area contributed by atoms with E-state index in [2.05, 4.69) is 20.9 Å². The molecule has 2 aromatic rings. The Labute approximate surface area is 103 Å². The summed E-state index contributed by atoms with van der Waals surface area (Å²) in [7, 11) is 0. The summed E-state index contributed by atoms with van der Waals surface area (Å²) in [5.41, 5.74) is 0.593.